The zero-order chi connectivity index (χ0) is 12.0. The summed E-state index contributed by atoms with van der Waals surface area (Å²) in [4.78, 5) is 11.7. The van der Waals surface area contributed by atoms with Crippen molar-refractivity contribution in [1.29, 1.82) is 0 Å². The minimum Gasteiger partial charge on any atom is -0.443 e. The molecular formula is C14H12O2. The van der Waals surface area contributed by atoms with E-state index in [4.69, 9.17) is 11.2 Å². The lowest BCUT2D eigenvalue weighted by atomic mass is 10.1. The van der Waals surface area contributed by atoms with Crippen molar-refractivity contribution < 1.29 is 9.53 Å². The Balaban J connectivity index is 2.76. The van der Waals surface area contributed by atoms with E-state index in [0.29, 0.717) is 5.56 Å². The van der Waals surface area contributed by atoms with E-state index in [1.54, 1.807) is 38.1 Å². The summed E-state index contributed by atoms with van der Waals surface area (Å²) in [6.45, 7) is 3.39. The first-order chi connectivity index (χ1) is 7.55. The SMILES string of the molecule is C#CC#CC(C)(C)OC(=O)c1ccccc1. The van der Waals surface area contributed by atoms with Gasteiger partial charge in [-0.3, -0.25) is 0 Å². The van der Waals surface area contributed by atoms with Gasteiger partial charge in [0.2, 0.25) is 0 Å². The van der Waals surface area contributed by atoms with E-state index in [9.17, 15) is 4.79 Å². The van der Waals surface area contributed by atoms with Crippen LogP contribution in [0.2, 0.25) is 0 Å². The first-order valence-electron chi connectivity index (χ1n) is 4.81. The fraction of sp³-hybridized carbons (Fsp3) is 0.214. The number of carbonyl (C=O) groups is 1. The highest BCUT2D eigenvalue weighted by Crippen LogP contribution is 2.11. The molecule has 0 spiro atoms. The van der Waals surface area contributed by atoms with E-state index in [2.05, 4.69) is 17.8 Å². The summed E-state index contributed by atoms with van der Waals surface area (Å²) in [6, 6.07) is 8.76. The van der Waals surface area contributed by atoms with Crippen molar-refractivity contribution in [2.45, 2.75) is 19.4 Å². The van der Waals surface area contributed by atoms with E-state index in [0.717, 1.165) is 0 Å². The van der Waals surface area contributed by atoms with Crippen molar-refractivity contribution in [3.8, 4) is 24.2 Å². The van der Waals surface area contributed by atoms with Gasteiger partial charge in [-0.1, -0.05) is 18.2 Å². The molecule has 1 rings (SSSR count). The average molecular weight is 212 g/mol. The van der Waals surface area contributed by atoms with Gasteiger partial charge in [0.05, 0.1) is 5.56 Å². The van der Waals surface area contributed by atoms with Crippen LogP contribution in [0, 0.1) is 24.2 Å². The average Bonchev–Trinajstić information content (AvgIpc) is 2.27. The number of esters is 1. The zero-order valence-corrected chi connectivity index (χ0v) is 9.28. The van der Waals surface area contributed by atoms with Crippen LogP contribution in [0.5, 0.6) is 0 Å². The lowest BCUT2D eigenvalue weighted by Gasteiger charge is -2.18. The molecule has 1 aromatic carbocycles. The topological polar surface area (TPSA) is 26.3 Å². The number of benzene rings is 1. The molecule has 0 aliphatic rings. The van der Waals surface area contributed by atoms with Crippen molar-refractivity contribution >= 4 is 5.97 Å². The van der Waals surface area contributed by atoms with Gasteiger partial charge in [0.1, 0.15) is 0 Å². The van der Waals surface area contributed by atoms with Gasteiger partial charge in [-0.15, -0.1) is 6.42 Å². The molecular weight excluding hydrogens is 200 g/mol. The van der Waals surface area contributed by atoms with Crippen LogP contribution in [-0.4, -0.2) is 11.6 Å². The van der Waals surface area contributed by atoms with Crippen molar-refractivity contribution in [3.63, 3.8) is 0 Å². The summed E-state index contributed by atoms with van der Waals surface area (Å²) < 4.78 is 5.22. The molecule has 0 heterocycles. The normalized spacial score (nSPS) is 9.56. The Kier molecular flexibility index (Phi) is 3.75. The van der Waals surface area contributed by atoms with Crippen LogP contribution in [0.25, 0.3) is 0 Å². The monoisotopic (exact) mass is 212 g/mol. The molecule has 0 bridgehead atoms. The molecule has 2 nitrogen and oxygen atoms in total. The lowest BCUT2D eigenvalue weighted by molar-refractivity contribution is 0.0204. The molecule has 16 heavy (non-hydrogen) atoms. The predicted octanol–water partition coefficient (Wildman–Crippen LogP) is 2.26. The molecule has 0 unspecified atom stereocenters. The van der Waals surface area contributed by atoms with Crippen molar-refractivity contribution in [2.75, 3.05) is 0 Å². The second-order valence-electron chi connectivity index (χ2n) is 3.66. The Labute approximate surface area is 95.6 Å². The summed E-state index contributed by atoms with van der Waals surface area (Å²) in [7, 11) is 0. The Morgan fingerprint density at radius 1 is 1.31 bits per heavy atom. The quantitative estimate of drug-likeness (QED) is 0.555. The molecule has 0 fully saturated rings. The number of terminal acetylenes is 1. The van der Waals surface area contributed by atoms with Crippen molar-refractivity contribution in [1.82, 2.24) is 0 Å². The van der Waals surface area contributed by atoms with Crippen LogP contribution in [-0.2, 0) is 4.74 Å². The van der Waals surface area contributed by atoms with Gasteiger partial charge in [0, 0.05) is 0 Å². The maximum Gasteiger partial charge on any atom is 0.339 e. The molecule has 0 radical (unpaired) electrons. The first kappa shape index (κ1) is 11.9. The molecule has 0 saturated heterocycles. The third-order valence-electron chi connectivity index (χ3n) is 1.79. The third-order valence-corrected chi connectivity index (χ3v) is 1.79. The fourth-order valence-electron chi connectivity index (χ4n) is 1.08. The standard InChI is InChI=1S/C14H12O2/c1-4-5-11-14(2,3)16-13(15)12-9-7-6-8-10-12/h1,6-10H,2-3H3. The van der Waals surface area contributed by atoms with E-state index in [1.165, 1.54) is 0 Å². The smallest absolute Gasteiger partial charge is 0.339 e. The maximum atomic E-state index is 11.7. The van der Waals surface area contributed by atoms with Crippen LogP contribution in [0.3, 0.4) is 0 Å². The maximum absolute atomic E-state index is 11.7. The van der Waals surface area contributed by atoms with Crippen LogP contribution in [0.15, 0.2) is 30.3 Å². The number of carbonyl (C=O) groups excluding carboxylic acids is 1. The Hall–Kier alpha value is -2.19. The largest absolute Gasteiger partial charge is 0.443 e. The number of hydrogen-bond donors (Lipinski definition) is 0. The predicted molar refractivity (Wildman–Crippen MR) is 62.5 cm³/mol. The van der Waals surface area contributed by atoms with Crippen LogP contribution >= 0.6 is 0 Å². The number of rotatable bonds is 2. The summed E-state index contributed by atoms with van der Waals surface area (Å²) in [6.07, 6.45) is 5.01. The second kappa shape index (κ2) is 5.05. The van der Waals surface area contributed by atoms with Gasteiger partial charge in [-0.2, -0.15) is 0 Å². The minimum atomic E-state index is -0.876. The van der Waals surface area contributed by atoms with Crippen molar-refractivity contribution in [3.05, 3.63) is 35.9 Å². The molecule has 0 aromatic heterocycles. The van der Waals surface area contributed by atoms with Gasteiger partial charge >= 0.3 is 5.97 Å². The zero-order valence-electron chi connectivity index (χ0n) is 9.28. The van der Waals surface area contributed by atoms with Gasteiger partial charge in [0.15, 0.2) is 5.60 Å². The molecule has 0 aliphatic heterocycles. The Bertz CT molecular complexity index is 467. The molecule has 0 saturated carbocycles. The summed E-state index contributed by atoms with van der Waals surface area (Å²) in [5.74, 6) is 6.90. The van der Waals surface area contributed by atoms with Gasteiger partial charge in [-0.05, 0) is 43.7 Å². The molecule has 0 N–H and O–H groups in total. The Morgan fingerprint density at radius 2 is 1.94 bits per heavy atom. The van der Waals surface area contributed by atoms with E-state index < -0.39 is 11.6 Å². The van der Waals surface area contributed by atoms with E-state index in [-0.39, 0.29) is 0 Å². The minimum absolute atomic E-state index is 0.406. The van der Waals surface area contributed by atoms with Gasteiger partial charge < -0.3 is 4.74 Å². The number of hydrogen-bond acceptors (Lipinski definition) is 2. The highest BCUT2D eigenvalue weighted by atomic mass is 16.6. The van der Waals surface area contributed by atoms with Crippen molar-refractivity contribution in [2.24, 2.45) is 0 Å². The third kappa shape index (κ3) is 3.52. The van der Waals surface area contributed by atoms with E-state index >= 15 is 0 Å². The molecule has 0 atom stereocenters. The molecule has 0 amide bonds. The Morgan fingerprint density at radius 3 is 2.50 bits per heavy atom. The summed E-state index contributed by atoms with van der Waals surface area (Å²) in [5.41, 5.74) is -0.377. The first-order valence-corrected chi connectivity index (χ1v) is 4.81. The summed E-state index contributed by atoms with van der Waals surface area (Å²) in [5, 5.41) is 0. The second-order valence-corrected chi connectivity index (χ2v) is 3.66. The van der Waals surface area contributed by atoms with Gasteiger partial charge in [0.25, 0.3) is 0 Å². The number of ether oxygens (including phenoxy) is 1. The van der Waals surface area contributed by atoms with Gasteiger partial charge in [-0.25, -0.2) is 4.79 Å². The molecule has 0 aliphatic carbocycles. The van der Waals surface area contributed by atoms with Crippen LogP contribution < -0.4 is 0 Å². The highest BCUT2D eigenvalue weighted by Gasteiger charge is 2.20. The molecule has 1 aromatic rings. The van der Waals surface area contributed by atoms with Crippen LogP contribution in [0.1, 0.15) is 24.2 Å². The lowest BCUT2D eigenvalue weighted by Crippen LogP contribution is -2.26. The highest BCUT2D eigenvalue weighted by molar-refractivity contribution is 5.89. The molecule has 2 heteroatoms. The summed E-state index contributed by atoms with van der Waals surface area (Å²) >= 11 is 0. The van der Waals surface area contributed by atoms with Crippen LogP contribution in [0.4, 0.5) is 0 Å². The molecule has 80 valence electrons. The van der Waals surface area contributed by atoms with E-state index in [1.807, 2.05) is 6.07 Å². The fourth-order valence-corrected chi connectivity index (χ4v) is 1.08.